The van der Waals surface area contributed by atoms with Gasteiger partial charge in [0, 0.05) is 0 Å². The minimum atomic E-state index is -5.65. The molecule has 0 unspecified atom stereocenters. The van der Waals surface area contributed by atoms with E-state index in [0.29, 0.717) is 0 Å². The van der Waals surface area contributed by atoms with E-state index in [4.69, 9.17) is 4.74 Å². The average molecular weight is 566 g/mol. The van der Waals surface area contributed by atoms with E-state index >= 15 is 0 Å². The summed E-state index contributed by atoms with van der Waals surface area (Å²) < 4.78 is 17.5. The fourth-order valence-electron chi connectivity index (χ4n) is 8.01. The molecule has 0 N–H and O–H groups in total. The van der Waals surface area contributed by atoms with Crippen molar-refractivity contribution in [1.82, 2.24) is 0 Å². The Hall–Kier alpha value is -2.74. The molecular weight excluding hydrogens is 532 g/mol. The maximum atomic E-state index is 6.38. The summed E-state index contributed by atoms with van der Waals surface area (Å²) in [6.07, 6.45) is 8.89. The van der Waals surface area contributed by atoms with Crippen LogP contribution in [0.25, 0.3) is 11.1 Å². The summed E-state index contributed by atoms with van der Waals surface area (Å²) in [7, 11) is 1.84. The number of benzene rings is 4. The van der Waals surface area contributed by atoms with Crippen LogP contribution in [-0.2, 0) is 20.9 Å². The van der Waals surface area contributed by atoms with Gasteiger partial charge in [0.2, 0.25) is 0 Å². The monoisotopic (exact) mass is 564 g/mol. The van der Waals surface area contributed by atoms with Crippen LogP contribution in [0.3, 0.4) is 0 Å². The molecule has 0 amide bonds. The number of rotatable bonds is 5. The van der Waals surface area contributed by atoms with Crippen LogP contribution in [0.15, 0.2) is 119 Å². The van der Waals surface area contributed by atoms with Crippen LogP contribution in [0.4, 0.5) is 0 Å². The van der Waals surface area contributed by atoms with Crippen LogP contribution in [0.1, 0.15) is 17.5 Å². The van der Waals surface area contributed by atoms with Crippen LogP contribution in [0.5, 0.6) is 5.75 Å². The molecule has 4 aromatic rings. The number of hydrogen-bond donors (Lipinski definition) is 0. The van der Waals surface area contributed by atoms with Gasteiger partial charge < -0.3 is 0 Å². The second-order valence-electron chi connectivity index (χ2n) is 12.7. The van der Waals surface area contributed by atoms with Gasteiger partial charge in [0.1, 0.15) is 0 Å². The molecule has 0 heterocycles. The van der Waals surface area contributed by atoms with Crippen molar-refractivity contribution in [3.63, 3.8) is 0 Å². The van der Waals surface area contributed by atoms with Gasteiger partial charge in [-0.05, 0) is 0 Å². The first-order valence-electron chi connectivity index (χ1n) is 12.9. The Labute approximate surface area is 210 Å². The van der Waals surface area contributed by atoms with Crippen molar-refractivity contribution in [1.29, 1.82) is 0 Å². The molecule has 0 atom stereocenters. The first kappa shape index (κ1) is 23.6. The Balaban J connectivity index is 1.96. The predicted molar refractivity (Wildman–Crippen MR) is 155 cm³/mol. The Bertz CT molecular complexity index is 1690. The molecule has 0 saturated heterocycles. The van der Waals surface area contributed by atoms with Gasteiger partial charge in [-0.2, -0.15) is 0 Å². The van der Waals surface area contributed by atoms with E-state index in [1.165, 1.54) is 35.3 Å². The Kier molecular flexibility index (Phi) is 4.58. The summed E-state index contributed by atoms with van der Waals surface area (Å²) in [5.41, 5.74) is 5.53. The second kappa shape index (κ2) is 6.97. The molecule has 2 aliphatic carbocycles. The molecule has 0 bridgehead atoms. The van der Waals surface area contributed by atoms with Crippen molar-refractivity contribution in [3.8, 4) is 16.9 Å². The van der Waals surface area contributed by atoms with Crippen LogP contribution in [-0.4, -0.2) is 14.0 Å². The summed E-state index contributed by atoms with van der Waals surface area (Å²) in [4.78, 5) is 0. The number of hydrogen-bond acceptors (Lipinski definition) is 1. The van der Waals surface area contributed by atoms with Gasteiger partial charge in [0.05, 0.1) is 0 Å². The van der Waals surface area contributed by atoms with E-state index in [2.05, 4.69) is 131 Å². The van der Waals surface area contributed by atoms with Crippen molar-refractivity contribution in [2.75, 3.05) is 7.11 Å². The third kappa shape index (κ3) is 2.54. The summed E-state index contributed by atoms with van der Waals surface area (Å²) in [5, 5.41) is 0. The van der Waals surface area contributed by atoms with E-state index in [1.807, 2.05) is 7.11 Å². The van der Waals surface area contributed by atoms with Crippen LogP contribution >= 0.6 is 0 Å². The van der Waals surface area contributed by atoms with Gasteiger partial charge in [-0.25, -0.2) is 0 Å². The molecule has 0 aliphatic heterocycles. The Morgan fingerprint density at radius 1 is 0.722 bits per heavy atom. The third-order valence-corrected chi connectivity index (χ3v) is 47.6. The Morgan fingerprint density at radius 2 is 1.33 bits per heavy atom. The quantitative estimate of drug-likeness (QED) is 0.245. The standard InChI is InChI=1S/C14H11O.2C6H5.C5H5.2CH3.H2Si.Zr/c1-15-12-6-7-14-11(9-12)8-10-4-2-3-5-13(10)14;2*1-2-4-6-5-3-1;1-2-4-5-3-1;;;;/h2-7H,8H2,1H3;2*1-5H;1-3H,4H2;2*1H3;1H2;. The molecule has 4 aromatic carbocycles. The topological polar surface area (TPSA) is 9.23 Å². The SMILES string of the molecule is COc1ccc2c([c]1[Zr]([CH3])([CH3])(=[SiH2])([C]1=CC=CC1)([c]1ccccc1)[c]1ccccc1)Cc1ccccc1-2. The Morgan fingerprint density at radius 3 is 1.92 bits per heavy atom. The summed E-state index contributed by atoms with van der Waals surface area (Å²) in [6.45, 7) is 2.31. The van der Waals surface area contributed by atoms with E-state index in [-0.39, 0.29) is 0 Å². The maximum absolute atomic E-state index is 6.38. The van der Waals surface area contributed by atoms with Crippen molar-refractivity contribution >= 4 is 16.7 Å². The molecule has 0 saturated carbocycles. The van der Waals surface area contributed by atoms with Crippen molar-refractivity contribution in [2.24, 2.45) is 0 Å². The summed E-state index contributed by atoms with van der Waals surface area (Å²) >= 11 is -5.65. The van der Waals surface area contributed by atoms with E-state index in [9.17, 15) is 0 Å². The zero-order valence-electron chi connectivity index (χ0n) is 21.5. The van der Waals surface area contributed by atoms with E-state index in [0.717, 1.165) is 18.6 Å². The van der Waals surface area contributed by atoms with Crippen LogP contribution < -0.4 is 14.6 Å². The molecule has 0 aromatic heterocycles. The molecule has 0 radical (unpaired) electrons. The predicted octanol–water partition coefficient (Wildman–Crippen LogP) is 5.79. The number of allylic oxidation sites excluding steroid dienone is 4. The fourth-order valence-corrected chi connectivity index (χ4v) is 38.4. The summed E-state index contributed by atoms with van der Waals surface area (Å²) in [6, 6.07) is 36.2. The molecule has 180 valence electrons. The first-order valence-corrected chi connectivity index (χ1v) is 28.7. The van der Waals surface area contributed by atoms with E-state index in [1.54, 1.807) is 0 Å². The molecular formula is C33H34OSiZr. The van der Waals surface area contributed by atoms with Crippen molar-refractivity contribution in [2.45, 2.75) is 22.1 Å². The zero-order valence-corrected chi connectivity index (χ0v) is 25.4. The molecule has 3 heteroatoms. The van der Waals surface area contributed by atoms with Crippen molar-refractivity contribution < 1.29 is 19.2 Å². The number of methoxy groups -OCH3 is 1. The van der Waals surface area contributed by atoms with Crippen LogP contribution in [0, 0.1) is 0 Å². The minimum absolute atomic E-state index is 0.925. The number of ether oxygens (including phenoxy) is 1. The fraction of sp³-hybridized carbons (Fsp3) is 0.152. The van der Waals surface area contributed by atoms with E-state index < -0.39 is 14.4 Å². The molecule has 0 fully saturated rings. The molecule has 36 heavy (non-hydrogen) atoms. The van der Waals surface area contributed by atoms with Gasteiger partial charge in [0.15, 0.2) is 0 Å². The summed E-state index contributed by atoms with van der Waals surface area (Å²) in [5.74, 6) is 1.00. The first-order chi connectivity index (χ1) is 17.2. The van der Waals surface area contributed by atoms with Gasteiger partial charge >= 0.3 is 212 Å². The van der Waals surface area contributed by atoms with Gasteiger partial charge in [-0.1, -0.05) is 0 Å². The van der Waals surface area contributed by atoms with Crippen LogP contribution in [0.2, 0.25) is 9.26 Å². The van der Waals surface area contributed by atoms with Gasteiger partial charge in [-0.15, -0.1) is 0 Å². The zero-order chi connectivity index (χ0) is 25.1. The average Bonchev–Trinajstić information content (AvgIpc) is 3.59. The molecule has 0 spiro atoms. The second-order valence-corrected chi connectivity index (χ2v) is 58.0. The van der Waals surface area contributed by atoms with Gasteiger partial charge in [0.25, 0.3) is 0 Å². The van der Waals surface area contributed by atoms with Crippen molar-refractivity contribution in [3.05, 3.63) is 130 Å². The molecule has 6 rings (SSSR count). The normalized spacial score (nSPS) is 17.2. The number of fused-ring (bicyclic) bond motifs is 3. The van der Waals surface area contributed by atoms with Gasteiger partial charge in [-0.3, -0.25) is 0 Å². The molecule has 2 aliphatic rings. The third-order valence-electron chi connectivity index (χ3n) is 10.3. The molecule has 1 nitrogen and oxygen atoms in total.